The number of ether oxygens (including phenoxy) is 1. The number of rotatable bonds is 4. The quantitative estimate of drug-likeness (QED) is 0.715. The van der Waals surface area contributed by atoms with Crippen LogP contribution >= 0.6 is 0 Å². The fourth-order valence-corrected chi connectivity index (χ4v) is 1.20. The van der Waals surface area contributed by atoms with Crippen molar-refractivity contribution >= 4 is 12.1 Å². The first kappa shape index (κ1) is 14.7. The summed E-state index contributed by atoms with van der Waals surface area (Å²) >= 11 is 0. The molecule has 0 unspecified atom stereocenters. The molecule has 0 saturated carbocycles. The Morgan fingerprint density at radius 3 is 2.19 bits per heavy atom. The van der Waals surface area contributed by atoms with Crippen molar-refractivity contribution < 1.29 is 19.4 Å². The van der Waals surface area contributed by atoms with E-state index in [9.17, 15) is 14.7 Å². The minimum absolute atomic E-state index is 0.359. The van der Waals surface area contributed by atoms with Gasteiger partial charge in [-0.25, -0.2) is 4.79 Å². The Balaban J connectivity index is 4.55. The Kier molecular flexibility index (Phi) is 5.27. The average Bonchev–Trinajstić information content (AvgIpc) is 2.09. The monoisotopic (exact) mass is 230 g/mol. The molecule has 0 aromatic rings. The number of carbonyl (C=O) groups is 2. The van der Waals surface area contributed by atoms with Crippen molar-refractivity contribution in [3.05, 3.63) is 0 Å². The molecular weight excluding hydrogens is 210 g/mol. The second kappa shape index (κ2) is 5.72. The number of likely N-dealkylation sites (N-methyl/N-ethyl adjacent to an activating group) is 1. The van der Waals surface area contributed by atoms with Crippen LogP contribution in [0, 0.1) is 0 Å². The van der Waals surface area contributed by atoms with E-state index in [0.717, 1.165) is 4.90 Å². The summed E-state index contributed by atoms with van der Waals surface area (Å²) in [6.07, 6.45) is 0.374. The summed E-state index contributed by atoms with van der Waals surface area (Å²) in [7, 11) is 1.41. The first-order valence-electron chi connectivity index (χ1n) is 5.35. The van der Waals surface area contributed by atoms with Crippen molar-refractivity contribution in [3.8, 4) is 0 Å². The molecule has 0 aromatic heterocycles. The molecule has 5 heteroatoms. The lowest BCUT2D eigenvalue weighted by Gasteiger charge is -2.31. The van der Waals surface area contributed by atoms with Crippen molar-refractivity contribution in [2.45, 2.75) is 52.2 Å². The molecule has 16 heavy (non-hydrogen) atoms. The van der Waals surface area contributed by atoms with Crippen LogP contribution in [-0.4, -0.2) is 35.7 Å². The van der Waals surface area contributed by atoms with E-state index in [2.05, 4.69) is 0 Å². The van der Waals surface area contributed by atoms with Crippen LogP contribution < -0.4 is 5.11 Å². The number of carbonyl (C=O) groups excluding carboxylic acids is 2. The first-order chi connectivity index (χ1) is 7.19. The number of hydrogen-bond donors (Lipinski definition) is 0. The second-order valence-electron chi connectivity index (χ2n) is 4.71. The van der Waals surface area contributed by atoms with Gasteiger partial charge in [-0.1, -0.05) is 13.3 Å². The molecule has 0 radical (unpaired) electrons. The zero-order valence-electron chi connectivity index (χ0n) is 10.6. The summed E-state index contributed by atoms with van der Waals surface area (Å²) in [6.45, 7) is 7.03. The Labute approximate surface area is 96.4 Å². The summed E-state index contributed by atoms with van der Waals surface area (Å²) in [5.41, 5.74) is -0.631. The van der Waals surface area contributed by atoms with Crippen molar-refractivity contribution in [1.82, 2.24) is 4.90 Å². The lowest BCUT2D eigenvalue weighted by Crippen LogP contribution is -2.50. The second-order valence-corrected chi connectivity index (χ2v) is 4.71. The van der Waals surface area contributed by atoms with Gasteiger partial charge in [0, 0.05) is 7.05 Å². The lowest BCUT2D eigenvalue weighted by atomic mass is 10.1. The smallest absolute Gasteiger partial charge is 0.410 e. The molecule has 0 rings (SSSR count). The minimum Gasteiger partial charge on any atom is -0.548 e. The van der Waals surface area contributed by atoms with Crippen LogP contribution in [0.3, 0.4) is 0 Å². The van der Waals surface area contributed by atoms with Crippen molar-refractivity contribution in [1.29, 1.82) is 0 Å². The maximum Gasteiger partial charge on any atom is 0.410 e. The van der Waals surface area contributed by atoms with Crippen molar-refractivity contribution in [2.24, 2.45) is 0 Å². The van der Waals surface area contributed by atoms with Crippen LogP contribution in [0.25, 0.3) is 0 Å². The van der Waals surface area contributed by atoms with Gasteiger partial charge in [0.25, 0.3) is 0 Å². The zero-order valence-corrected chi connectivity index (χ0v) is 10.6. The predicted molar refractivity (Wildman–Crippen MR) is 57.7 cm³/mol. The molecule has 0 aliphatic heterocycles. The Bertz CT molecular complexity index is 257. The van der Waals surface area contributed by atoms with Gasteiger partial charge in [0.15, 0.2) is 0 Å². The number of amides is 1. The van der Waals surface area contributed by atoms with Crippen LogP contribution in [-0.2, 0) is 9.53 Å². The van der Waals surface area contributed by atoms with Gasteiger partial charge in [0.05, 0.1) is 12.0 Å². The number of aliphatic carboxylic acids is 1. The largest absolute Gasteiger partial charge is 0.548 e. The van der Waals surface area contributed by atoms with Crippen LogP contribution in [0.15, 0.2) is 0 Å². The summed E-state index contributed by atoms with van der Waals surface area (Å²) in [5.74, 6) is -1.25. The third kappa shape index (κ3) is 5.00. The zero-order chi connectivity index (χ0) is 12.9. The molecular formula is C11H20NO4-. The maximum atomic E-state index is 11.6. The molecule has 5 nitrogen and oxygen atoms in total. The number of carboxylic acids is 1. The summed E-state index contributed by atoms with van der Waals surface area (Å²) in [4.78, 5) is 23.5. The highest BCUT2D eigenvalue weighted by molar-refractivity contribution is 5.78. The van der Waals surface area contributed by atoms with Gasteiger partial charge >= 0.3 is 6.09 Å². The van der Waals surface area contributed by atoms with Crippen LogP contribution in [0.1, 0.15) is 40.5 Å². The van der Waals surface area contributed by atoms with Gasteiger partial charge in [0.2, 0.25) is 0 Å². The van der Waals surface area contributed by atoms with E-state index in [0.29, 0.717) is 12.8 Å². The molecule has 0 bridgehead atoms. The molecule has 0 N–H and O–H groups in total. The molecule has 0 aliphatic carbocycles. The highest BCUT2D eigenvalue weighted by Crippen LogP contribution is 2.12. The van der Waals surface area contributed by atoms with Gasteiger partial charge in [-0.15, -0.1) is 0 Å². The van der Waals surface area contributed by atoms with Gasteiger partial charge in [-0.2, -0.15) is 0 Å². The van der Waals surface area contributed by atoms with Crippen LogP contribution in [0.5, 0.6) is 0 Å². The van der Waals surface area contributed by atoms with E-state index in [1.54, 1.807) is 20.8 Å². The molecule has 1 atom stereocenters. The topological polar surface area (TPSA) is 69.7 Å². The molecule has 0 fully saturated rings. The Morgan fingerprint density at radius 2 is 1.88 bits per heavy atom. The van der Waals surface area contributed by atoms with Gasteiger partial charge in [-0.05, 0) is 27.2 Å². The normalized spacial score (nSPS) is 13.1. The van der Waals surface area contributed by atoms with Gasteiger partial charge in [0.1, 0.15) is 5.60 Å². The maximum absolute atomic E-state index is 11.6. The van der Waals surface area contributed by atoms with Crippen LogP contribution in [0.2, 0.25) is 0 Å². The minimum atomic E-state index is -1.25. The fraction of sp³-hybridized carbons (Fsp3) is 0.818. The first-order valence-corrected chi connectivity index (χ1v) is 5.35. The molecule has 0 saturated heterocycles. The van der Waals surface area contributed by atoms with Crippen molar-refractivity contribution in [3.63, 3.8) is 0 Å². The average molecular weight is 230 g/mol. The molecule has 94 valence electrons. The number of hydrogen-bond acceptors (Lipinski definition) is 4. The molecule has 0 aliphatic rings. The van der Waals surface area contributed by atoms with Crippen molar-refractivity contribution in [2.75, 3.05) is 7.05 Å². The van der Waals surface area contributed by atoms with E-state index < -0.39 is 23.7 Å². The highest BCUT2D eigenvalue weighted by atomic mass is 16.6. The molecule has 0 heterocycles. The number of carboxylic acid groups (broad SMARTS) is 1. The Hall–Kier alpha value is -1.26. The van der Waals surface area contributed by atoms with Crippen LogP contribution in [0.4, 0.5) is 4.79 Å². The molecule has 1 amide bonds. The van der Waals surface area contributed by atoms with E-state index in [1.165, 1.54) is 7.05 Å². The predicted octanol–water partition coefficient (Wildman–Crippen LogP) is 0.772. The summed E-state index contributed by atoms with van der Waals surface area (Å²) in [6, 6.07) is -0.931. The lowest BCUT2D eigenvalue weighted by molar-refractivity contribution is -0.311. The highest BCUT2D eigenvalue weighted by Gasteiger charge is 2.25. The van der Waals surface area contributed by atoms with E-state index in [1.807, 2.05) is 6.92 Å². The molecule has 0 aromatic carbocycles. The summed E-state index contributed by atoms with van der Waals surface area (Å²) < 4.78 is 5.07. The van der Waals surface area contributed by atoms with Gasteiger partial charge < -0.3 is 19.5 Å². The SMILES string of the molecule is CCC[C@@H](C(=O)[O-])N(C)C(=O)OC(C)(C)C. The summed E-state index contributed by atoms with van der Waals surface area (Å²) in [5, 5.41) is 10.8. The van der Waals surface area contributed by atoms with E-state index >= 15 is 0 Å². The standard InChI is InChI=1S/C11H21NO4/c1-6-7-8(9(13)14)12(5)10(15)16-11(2,3)4/h8H,6-7H2,1-5H3,(H,13,14)/p-1/t8-/m0/s1. The fourth-order valence-electron chi connectivity index (χ4n) is 1.20. The van der Waals surface area contributed by atoms with Gasteiger partial charge in [-0.3, -0.25) is 0 Å². The Morgan fingerprint density at radius 1 is 1.38 bits per heavy atom. The van der Waals surface area contributed by atoms with E-state index in [4.69, 9.17) is 4.74 Å². The number of nitrogens with zero attached hydrogens (tertiary/aromatic N) is 1. The van der Waals surface area contributed by atoms with E-state index in [-0.39, 0.29) is 0 Å². The third-order valence-electron chi connectivity index (χ3n) is 1.98. The molecule has 0 spiro atoms. The third-order valence-corrected chi connectivity index (χ3v) is 1.98.